The van der Waals surface area contributed by atoms with E-state index in [-0.39, 0.29) is 42.1 Å². The standard InChI is InChI=1S/C26H37NO7/c1-23-7-4-19-20(26(23,32)10-6-18(23)16-11-21(29)34-14-16)5-9-25(31)12-17(28)3-8-24(19,25)15-27-13-22(30)33-2/h11,15,17-20,28,31-32H,3-10,12-14H2,1-2H3/t17?,18?,19-,20?,23+,24-,25?,26?/m0/s1. The highest BCUT2D eigenvalue weighted by Crippen LogP contribution is 2.70. The number of carbonyl (C=O) groups excluding carboxylic acids is 2. The fraction of sp³-hybridized carbons (Fsp3) is 0.808. The SMILES string of the molecule is COC(=O)CN=C[C@]12CCC(O)CC1(O)CCC1[C@@H]2CC[C@]2(C)C(C3=CC(=O)OC3)CCC12O. The molecule has 0 radical (unpaired) electrons. The summed E-state index contributed by atoms with van der Waals surface area (Å²) in [7, 11) is 1.33. The highest BCUT2D eigenvalue weighted by molar-refractivity contribution is 5.85. The van der Waals surface area contributed by atoms with Crippen LogP contribution in [0.2, 0.25) is 0 Å². The normalized spacial score (nSPS) is 48.0. The zero-order valence-corrected chi connectivity index (χ0v) is 20.2. The summed E-state index contributed by atoms with van der Waals surface area (Å²) in [5.41, 5.74) is -2.13. The van der Waals surface area contributed by atoms with E-state index in [9.17, 15) is 24.9 Å². The molecule has 1 heterocycles. The number of nitrogens with zero attached hydrogens (tertiary/aromatic N) is 1. The topological polar surface area (TPSA) is 126 Å². The Labute approximate surface area is 200 Å². The van der Waals surface area contributed by atoms with Crippen LogP contribution in [0.1, 0.15) is 64.7 Å². The Balaban J connectivity index is 1.51. The molecule has 8 heteroatoms. The van der Waals surface area contributed by atoms with Crippen LogP contribution in [0.3, 0.4) is 0 Å². The predicted molar refractivity (Wildman–Crippen MR) is 123 cm³/mol. The smallest absolute Gasteiger partial charge is 0.331 e. The van der Waals surface area contributed by atoms with Crippen LogP contribution < -0.4 is 0 Å². The van der Waals surface area contributed by atoms with Gasteiger partial charge in [-0.15, -0.1) is 0 Å². The van der Waals surface area contributed by atoms with Gasteiger partial charge in [0.2, 0.25) is 0 Å². The Kier molecular flexibility index (Phi) is 5.73. The number of fused-ring (bicyclic) bond motifs is 5. The molecule has 0 spiro atoms. The third-order valence-corrected chi connectivity index (χ3v) is 10.4. The van der Waals surface area contributed by atoms with E-state index in [0.717, 1.165) is 24.8 Å². The van der Waals surface area contributed by atoms with Gasteiger partial charge in [0.05, 0.1) is 24.4 Å². The summed E-state index contributed by atoms with van der Waals surface area (Å²) < 4.78 is 9.94. The average molecular weight is 476 g/mol. The number of cyclic esters (lactones) is 1. The number of ether oxygens (including phenoxy) is 2. The molecule has 188 valence electrons. The molecule has 4 aliphatic carbocycles. The molecule has 0 aromatic heterocycles. The van der Waals surface area contributed by atoms with Gasteiger partial charge in [-0.3, -0.25) is 9.79 Å². The van der Waals surface area contributed by atoms with E-state index in [1.54, 1.807) is 12.3 Å². The number of aliphatic imine (C=N–C) groups is 1. The maximum atomic E-state index is 12.4. The van der Waals surface area contributed by atoms with Gasteiger partial charge in [0, 0.05) is 29.5 Å². The van der Waals surface area contributed by atoms with E-state index >= 15 is 0 Å². The van der Waals surface area contributed by atoms with Gasteiger partial charge in [-0.05, 0) is 74.7 Å². The van der Waals surface area contributed by atoms with Crippen LogP contribution in [0.25, 0.3) is 0 Å². The minimum absolute atomic E-state index is 0.00703. The molecule has 5 rings (SSSR count). The largest absolute Gasteiger partial charge is 0.468 e. The van der Waals surface area contributed by atoms with Gasteiger partial charge in [-0.25, -0.2) is 4.79 Å². The number of aliphatic hydroxyl groups excluding tert-OH is 1. The molecular weight excluding hydrogens is 438 g/mol. The summed E-state index contributed by atoms with van der Waals surface area (Å²) in [4.78, 5) is 27.9. The van der Waals surface area contributed by atoms with Crippen molar-refractivity contribution < 1.29 is 34.4 Å². The molecule has 0 amide bonds. The van der Waals surface area contributed by atoms with Crippen molar-refractivity contribution in [1.82, 2.24) is 0 Å². The molecule has 3 N–H and O–H groups in total. The Morgan fingerprint density at radius 2 is 1.94 bits per heavy atom. The van der Waals surface area contributed by atoms with Crippen LogP contribution in [-0.2, 0) is 19.1 Å². The number of rotatable bonds is 4. The number of methoxy groups -OCH3 is 1. The molecule has 1 aliphatic heterocycles. The van der Waals surface area contributed by atoms with Crippen LogP contribution in [0.5, 0.6) is 0 Å². The molecule has 0 bridgehead atoms. The van der Waals surface area contributed by atoms with Crippen molar-refractivity contribution in [2.75, 3.05) is 20.3 Å². The fourth-order valence-corrected chi connectivity index (χ4v) is 8.71. The average Bonchev–Trinajstić information content (AvgIpc) is 3.33. The first-order valence-electron chi connectivity index (χ1n) is 12.7. The van der Waals surface area contributed by atoms with Gasteiger partial charge in [0.25, 0.3) is 0 Å². The molecule has 8 atom stereocenters. The number of hydrogen-bond donors (Lipinski definition) is 3. The fourth-order valence-electron chi connectivity index (χ4n) is 8.71. The van der Waals surface area contributed by atoms with E-state index in [0.29, 0.717) is 38.7 Å². The Morgan fingerprint density at radius 1 is 1.18 bits per heavy atom. The lowest BCUT2D eigenvalue weighted by Crippen LogP contribution is -2.68. The summed E-state index contributed by atoms with van der Waals surface area (Å²) in [5.74, 6) is -0.674. The molecule has 4 fully saturated rings. The van der Waals surface area contributed by atoms with Crippen LogP contribution in [0.4, 0.5) is 0 Å². The zero-order chi connectivity index (χ0) is 24.4. The summed E-state index contributed by atoms with van der Waals surface area (Å²) in [6.07, 6.45) is 8.42. The number of carbonyl (C=O) groups is 2. The highest BCUT2D eigenvalue weighted by Gasteiger charge is 2.71. The minimum atomic E-state index is -1.12. The maximum absolute atomic E-state index is 12.4. The van der Waals surface area contributed by atoms with Crippen LogP contribution in [0.15, 0.2) is 16.6 Å². The van der Waals surface area contributed by atoms with E-state index in [4.69, 9.17) is 9.47 Å². The Morgan fingerprint density at radius 3 is 2.65 bits per heavy atom. The molecule has 5 unspecified atom stereocenters. The van der Waals surface area contributed by atoms with Crippen molar-refractivity contribution in [2.45, 2.75) is 82.0 Å². The summed E-state index contributed by atoms with van der Waals surface area (Å²) >= 11 is 0. The lowest BCUT2D eigenvalue weighted by atomic mass is 9.41. The third-order valence-electron chi connectivity index (χ3n) is 10.4. The molecule has 34 heavy (non-hydrogen) atoms. The lowest BCUT2D eigenvalue weighted by Gasteiger charge is -2.65. The van der Waals surface area contributed by atoms with Crippen molar-refractivity contribution in [1.29, 1.82) is 0 Å². The molecule has 0 aromatic rings. The van der Waals surface area contributed by atoms with Gasteiger partial charge in [0.1, 0.15) is 13.2 Å². The zero-order valence-electron chi connectivity index (χ0n) is 20.2. The van der Waals surface area contributed by atoms with E-state index in [1.807, 2.05) is 0 Å². The molecule has 0 saturated heterocycles. The van der Waals surface area contributed by atoms with Crippen molar-refractivity contribution in [3.63, 3.8) is 0 Å². The molecule has 4 saturated carbocycles. The Bertz CT molecular complexity index is 932. The van der Waals surface area contributed by atoms with Gasteiger partial charge in [-0.1, -0.05) is 6.92 Å². The molecular formula is C26H37NO7. The van der Waals surface area contributed by atoms with Crippen molar-refractivity contribution in [3.05, 3.63) is 11.6 Å². The third kappa shape index (κ3) is 3.24. The maximum Gasteiger partial charge on any atom is 0.331 e. The highest BCUT2D eigenvalue weighted by atomic mass is 16.5. The second kappa shape index (κ2) is 8.14. The number of hydrogen-bond acceptors (Lipinski definition) is 8. The van der Waals surface area contributed by atoms with Gasteiger partial charge < -0.3 is 24.8 Å². The first-order chi connectivity index (χ1) is 16.1. The van der Waals surface area contributed by atoms with Crippen LogP contribution >= 0.6 is 0 Å². The second-order valence-corrected chi connectivity index (χ2v) is 11.6. The van der Waals surface area contributed by atoms with Gasteiger partial charge in [-0.2, -0.15) is 0 Å². The quantitative estimate of drug-likeness (QED) is 0.419. The molecule has 8 nitrogen and oxygen atoms in total. The summed E-state index contributed by atoms with van der Waals surface area (Å²) in [6.45, 7) is 2.36. The number of esters is 2. The second-order valence-electron chi connectivity index (χ2n) is 11.6. The molecule has 5 aliphatic rings. The van der Waals surface area contributed by atoms with Crippen molar-refractivity contribution >= 4 is 18.2 Å². The first-order valence-corrected chi connectivity index (χ1v) is 12.7. The van der Waals surface area contributed by atoms with Gasteiger partial charge >= 0.3 is 11.9 Å². The van der Waals surface area contributed by atoms with Crippen molar-refractivity contribution in [2.24, 2.45) is 33.6 Å². The number of aliphatic hydroxyl groups is 3. The van der Waals surface area contributed by atoms with Crippen LogP contribution in [0, 0.1) is 28.6 Å². The lowest BCUT2D eigenvalue weighted by molar-refractivity contribution is -0.237. The van der Waals surface area contributed by atoms with E-state index in [2.05, 4.69) is 11.9 Å². The predicted octanol–water partition coefficient (Wildman–Crippen LogP) is 1.94. The van der Waals surface area contributed by atoms with Gasteiger partial charge in [0.15, 0.2) is 0 Å². The minimum Gasteiger partial charge on any atom is -0.468 e. The van der Waals surface area contributed by atoms with E-state index < -0.39 is 28.7 Å². The first kappa shape index (κ1) is 23.9. The van der Waals surface area contributed by atoms with Crippen LogP contribution in [-0.4, -0.2) is 71.0 Å². The summed E-state index contributed by atoms with van der Waals surface area (Å²) in [5, 5.41) is 34.7. The van der Waals surface area contributed by atoms with E-state index in [1.165, 1.54) is 7.11 Å². The monoisotopic (exact) mass is 475 g/mol. The summed E-state index contributed by atoms with van der Waals surface area (Å²) in [6, 6.07) is 0. The van der Waals surface area contributed by atoms with Crippen molar-refractivity contribution in [3.8, 4) is 0 Å². The molecule has 0 aromatic carbocycles. The Hall–Kier alpha value is -1.77.